The van der Waals surface area contributed by atoms with Gasteiger partial charge in [0.05, 0.1) is 0 Å². The summed E-state index contributed by atoms with van der Waals surface area (Å²) in [5.74, 6) is 1.41. The summed E-state index contributed by atoms with van der Waals surface area (Å²) in [6.07, 6.45) is 5.61. The Balaban J connectivity index is 1.37. The third-order valence-corrected chi connectivity index (χ3v) is 5.37. The Hall–Kier alpha value is -3.24. The zero-order valence-corrected chi connectivity index (χ0v) is 18.1. The van der Waals surface area contributed by atoms with Crippen LogP contribution in [0.1, 0.15) is 33.6 Å². The number of nitrogens with zero attached hydrogens (tertiary/aromatic N) is 8. The quantitative estimate of drug-likeness (QED) is 0.715. The van der Waals surface area contributed by atoms with Gasteiger partial charge in [-0.2, -0.15) is 5.10 Å². The summed E-state index contributed by atoms with van der Waals surface area (Å²) in [5, 5.41) is 4.10. The lowest BCUT2D eigenvalue weighted by molar-refractivity contribution is -0.136. The highest BCUT2D eigenvalue weighted by molar-refractivity contribution is 5.86. The second kappa shape index (κ2) is 8.48. The molecule has 0 bridgehead atoms. The molecule has 0 N–H and O–H groups in total. The van der Waals surface area contributed by atoms with Crippen LogP contribution in [0.3, 0.4) is 0 Å². The van der Waals surface area contributed by atoms with Gasteiger partial charge in [0.1, 0.15) is 36.4 Å². The van der Waals surface area contributed by atoms with Gasteiger partial charge in [0, 0.05) is 38.8 Å². The molecule has 11 heteroatoms. The molecular weight excluding hydrogens is 400 g/mol. The van der Waals surface area contributed by atoms with Gasteiger partial charge in [0.2, 0.25) is 5.91 Å². The highest BCUT2D eigenvalue weighted by Crippen LogP contribution is 2.24. The van der Waals surface area contributed by atoms with Gasteiger partial charge in [0.15, 0.2) is 5.82 Å². The van der Waals surface area contributed by atoms with Gasteiger partial charge in [-0.3, -0.25) is 9.69 Å². The van der Waals surface area contributed by atoms with E-state index in [9.17, 15) is 9.59 Å². The molecule has 1 unspecified atom stereocenters. The van der Waals surface area contributed by atoms with E-state index in [4.69, 9.17) is 4.74 Å². The van der Waals surface area contributed by atoms with E-state index in [1.807, 2.05) is 31.7 Å². The summed E-state index contributed by atoms with van der Waals surface area (Å²) in [5.41, 5.74) is -0.582. The molecular formula is C20H28N8O3. The van der Waals surface area contributed by atoms with E-state index < -0.39 is 17.7 Å². The van der Waals surface area contributed by atoms with Crippen LogP contribution in [-0.2, 0) is 9.53 Å². The molecule has 1 atom stereocenters. The molecule has 0 spiro atoms. The number of amides is 2. The Morgan fingerprint density at radius 3 is 2.45 bits per heavy atom. The predicted octanol–water partition coefficient (Wildman–Crippen LogP) is 1.11. The number of carbonyl (C=O) groups is 2. The lowest BCUT2D eigenvalue weighted by atomic mass is 10.1. The maximum Gasteiger partial charge on any atom is 0.410 e. The van der Waals surface area contributed by atoms with Crippen molar-refractivity contribution in [3.63, 3.8) is 0 Å². The van der Waals surface area contributed by atoms with Crippen molar-refractivity contribution < 1.29 is 14.3 Å². The van der Waals surface area contributed by atoms with Crippen LogP contribution in [-0.4, -0.2) is 90.9 Å². The first kappa shape index (κ1) is 21.0. The van der Waals surface area contributed by atoms with Crippen LogP contribution in [0.5, 0.6) is 0 Å². The van der Waals surface area contributed by atoms with Gasteiger partial charge in [-0.15, -0.1) is 0 Å². The molecule has 2 aliphatic rings. The minimum Gasteiger partial charge on any atom is -0.444 e. The highest BCUT2D eigenvalue weighted by Gasteiger charge is 2.39. The van der Waals surface area contributed by atoms with Gasteiger partial charge in [-0.25, -0.2) is 24.4 Å². The number of anilines is 1. The molecule has 0 saturated carbocycles. The Morgan fingerprint density at radius 1 is 1.03 bits per heavy atom. The molecule has 31 heavy (non-hydrogen) atoms. The second-order valence-electron chi connectivity index (χ2n) is 8.72. The SMILES string of the molecule is CC(C)(C)OC(=O)N1CCCC1C(=O)N1CCN(c2cc(-n3cncn3)ncn2)CC1. The molecule has 166 valence electrons. The van der Waals surface area contributed by atoms with Crippen molar-refractivity contribution >= 4 is 17.8 Å². The van der Waals surface area contributed by atoms with E-state index in [0.29, 0.717) is 45.0 Å². The van der Waals surface area contributed by atoms with Gasteiger partial charge in [-0.1, -0.05) is 0 Å². The lowest BCUT2D eigenvalue weighted by Gasteiger charge is -2.38. The second-order valence-corrected chi connectivity index (χ2v) is 8.72. The van der Waals surface area contributed by atoms with E-state index in [2.05, 4.69) is 25.0 Å². The molecule has 2 amide bonds. The molecule has 2 aromatic rings. The van der Waals surface area contributed by atoms with Gasteiger partial charge < -0.3 is 14.5 Å². The van der Waals surface area contributed by atoms with Crippen LogP contribution in [0.25, 0.3) is 5.82 Å². The average Bonchev–Trinajstić information content (AvgIpc) is 3.44. The summed E-state index contributed by atoms with van der Waals surface area (Å²) in [4.78, 5) is 43.7. The minimum absolute atomic E-state index is 0.00555. The number of piperazine rings is 1. The van der Waals surface area contributed by atoms with Crippen molar-refractivity contribution in [2.75, 3.05) is 37.6 Å². The number of carbonyl (C=O) groups excluding carboxylic acids is 2. The fraction of sp³-hybridized carbons (Fsp3) is 0.600. The van der Waals surface area contributed by atoms with Crippen molar-refractivity contribution in [2.45, 2.75) is 45.3 Å². The fourth-order valence-corrected chi connectivity index (χ4v) is 3.89. The van der Waals surface area contributed by atoms with Crippen LogP contribution < -0.4 is 4.90 Å². The summed E-state index contributed by atoms with van der Waals surface area (Å²) < 4.78 is 7.07. The summed E-state index contributed by atoms with van der Waals surface area (Å²) >= 11 is 0. The highest BCUT2D eigenvalue weighted by atomic mass is 16.6. The number of ether oxygens (including phenoxy) is 1. The zero-order chi connectivity index (χ0) is 22.0. The summed E-state index contributed by atoms with van der Waals surface area (Å²) in [6.45, 7) is 8.49. The topological polar surface area (TPSA) is 110 Å². The third kappa shape index (κ3) is 4.75. The smallest absolute Gasteiger partial charge is 0.410 e. The molecule has 0 radical (unpaired) electrons. The molecule has 4 heterocycles. The molecule has 0 aliphatic carbocycles. The summed E-state index contributed by atoms with van der Waals surface area (Å²) in [6, 6.07) is 1.41. The van der Waals surface area contributed by atoms with Crippen molar-refractivity contribution in [1.29, 1.82) is 0 Å². The standard InChI is InChI=1S/C20H28N8O3/c1-20(2,3)31-19(30)27-6-4-5-15(27)18(29)26-9-7-25(8-10-26)16-11-17(23-13-22-16)28-14-21-12-24-28/h11-15H,4-10H2,1-3H3. The Morgan fingerprint density at radius 2 is 1.77 bits per heavy atom. The number of hydrogen-bond acceptors (Lipinski definition) is 8. The van der Waals surface area contributed by atoms with Crippen LogP contribution in [0.15, 0.2) is 25.0 Å². The minimum atomic E-state index is -0.582. The van der Waals surface area contributed by atoms with Gasteiger partial charge >= 0.3 is 6.09 Å². The van der Waals surface area contributed by atoms with Gasteiger partial charge in [0.25, 0.3) is 0 Å². The molecule has 2 aliphatic heterocycles. The largest absolute Gasteiger partial charge is 0.444 e. The monoisotopic (exact) mass is 428 g/mol. The molecule has 2 aromatic heterocycles. The van der Waals surface area contributed by atoms with Crippen LogP contribution in [0.4, 0.5) is 10.6 Å². The van der Waals surface area contributed by atoms with Crippen molar-refractivity contribution in [3.05, 3.63) is 25.0 Å². The van der Waals surface area contributed by atoms with Gasteiger partial charge in [-0.05, 0) is 33.6 Å². The normalized spacial score (nSPS) is 19.6. The first-order chi connectivity index (χ1) is 14.8. The van der Waals surface area contributed by atoms with Crippen molar-refractivity contribution in [2.24, 2.45) is 0 Å². The number of rotatable bonds is 3. The molecule has 2 saturated heterocycles. The Kier molecular flexibility index (Phi) is 5.75. The zero-order valence-electron chi connectivity index (χ0n) is 18.1. The van der Waals surface area contributed by atoms with E-state index in [-0.39, 0.29) is 5.91 Å². The van der Waals surface area contributed by atoms with Crippen LogP contribution in [0, 0.1) is 0 Å². The van der Waals surface area contributed by atoms with Crippen LogP contribution >= 0.6 is 0 Å². The van der Waals surface area contributed by atoms with Crippen LogP contribution in [0.2, 0.25) is 0 Å². The molecule has 11 nitrogen and oxygen atoms in total. The third-order valence-electron chi connectivity index (χ3n) is 5.37. The molecule has 4 rings (SSSR count). The van der Waals surface area contributed by atoms with Crippen molar-refractivity contribution in [1.82, 2.24) is 34.5 Å². The van der Waals surface area contributed by atoms with E-state index in [0.717, 1.165) is 12.2 Å². The van der Waals surface area contributed by atoms with E-state index in [1.165, 1.54) is 12.7 Å². The van der Waals surface area contributed by atoms with E-state index in [1.54, 1.807) is 15.9 Å². The average molecular weight is 428 g/mol. The molecule has 2 fully saturated rings. The fourth-order valence-electron chi connectivity index (χ4n) is 3.89. The first-order valence-electron chi connectivity index (χ1n) is 10.5. The lowest BCUT2D eigenvalue weighted by Crippen LogP contribution is -2.55. The number of likely N-dealkylation sites (tertiary alicyclic amines) is 1. The maximum absolute atomic E-state index is 13.1. The first-order valence-corrected chi connectivity index (χ1v) is 10.5. The predicted molar refractivity (Wildman–Crippen MR) is 112 cm³/mol. The van der Waals surface area contributed by atoms with E-state index >= 15 is 0 Å². The Labute approximate surface area is 181 Å². The summed E-state index contributed by atoms with van der Waals surface area (Å²) in [7, 11) is 0. The maximum atomic E-state index is 13.1. The Bertz CT molecular complexity index is 919. The number of aromatic nitrogens is 5. The molecule has 0 aromatic carbocycles. The number of hydrogen-bond donors (Lipinski definition) is 0. The van der Waals surface area contributed by atoms with Crippen molar-refractivity contribution in [3.8, 4) is 5.82 Å².